The van der Waals surface area contributed by atoms with Crippen LogP contribution in [0.4, 0.5) is 0 Å². The summed E-state index contributed by atoms with van der Waals surface area (Å²) in [6, 6.07) is 4.65. The fourth-order valence-corrected chi connectivity index (χ4v) is 5.04. The van der Waals surface area contributed by atoms with Gasteiger partial charge in [-0.15, -0.1) is 25.3 Å². The van der Waals surface area contributed by atoms with Gasteiger partial charge in [-0.05, 0) is 24.6 Å². The summed E-state index contributed by atoms with van der Waals surface area (Å²) >= 11 is 9.09. The van der Waals surface area contributed by atoms with Crippen LogP contribution in [0.5, 0.6) is 11.5 Å². The van der Waals surface area contributed by atoms with E-state index in [-0.39, 0.29) is 25.0 Å². The van der Waals surface area contributed by atoms with E-state index in [0.717, 1.165) is 0 Å². The minimum atomic E-state index is -1.41. The summed E-state index contributed by atoms with van der Waals surface area (Å²) in [7, 11) is 1.53. The lowest BCUT2D eigenvalue weighted by Gasteiger charge is -2.49. The fourth-order valence-electron chi connectivity index (χ4n) is 4.17. The third-order valence-corrected chi connectivity index (χ3v) is 6.80. The third kappa shape index (κ3) is 2.23. The molecule has 9 heteroatoms. The number of hydrogen-bond donors (Lipinski definition) is 2. The largest absolute Gasteiger partial charge is 0.454 e. The summed E-state index contributed by atoms with van der Waals surface area (Å²) < 4.78 is 10.8. The molecule has 0 unspecified atom stereocenters. The van der Waals surface area contributed by atoms with Gasteiger partial charge in [0.25, 0.3) is 17.4 Å². The molecule has 2 amide bonds. The molecule has 2 fully saturated rings. The Bertz CT molecular complexity index is 914. The zero-order valence-corrected chi connectivity index (χ0v) is 16.9. The van der Waals surface area contributed by atoms with Crippen molar-refractivity contribution in [2.75, 3.05) is 13.8 Å². The number of rotatable bonds is 1. The molecule has 7 nitrogen and oxygen atoms in total. The van der Waals surface area contributed by atoms with E-state index in [9.17, 15) is 9.59 Å². The van der Waals surface area contributed by atoms with Crippen molar-refractivity contribution < 1.29 is 19.1 Å². The van der Waals surface area contributed by atoms with E-state index in [2.05, 4.69) is 30.1 Å². The van der Waals surface area contributed by atoms with Gasteiger partial charge in [-0.25, -0.2) is 6.57 Å². The Morgan fingerprint density at radius 2 is 1.85 bits per heavy atom. The van der Waals surface area contributed by atoms with Gasteiger partial charge in [0.1, 0.15) is 6.04 Å². The molecule has 0 aromatic heterocycles. The Balaban J connectivity index is 1.91. The first-order chi connectivity index (χ1) is 12.6. The van der Waals surface area contributed by atoms with E-state index in [1.807, 2.05) is 0 Å². The molecule has 4 rings (SSSR count). The van der Waals surface area contributed by atoms with Crippen molar-refractivity contribution in [3.05, 3.63) is 35.2 Å². The fraction of sp³-hybridized carbons (Fsp3) is 0.500. The van der Waals surface area contributed by atoms with Gasteiger partial charge in [-0.3, -0.25) is 9.59 Å². The highest BCUT2D eigenvalue weighted by Gasteiger charge is 2.71. The van der Waals surface area contributed by atoms with Crippen LogP contribution in [0.1, 0.15) is 31.9 Å². The van der Waals surface area contributed by atoms with Gasteiger partial charge in [0.15, 0.2) is 21.2 Å². The van der Waals surface area contributed by atoms with E-state index < -0.39 is 21.3 Å². The van der Waals surface area contributed by atoms with E-state index in [1.54, 1.807) is 32.0 Å². The topological polar surface area (TPSA) is 63.4 Å². The number of likely N-dealkylation sites (N-methyl/N-ethyl adjacent to an activating group) is 1. The molecular formula is C18H19N3O4S2. The zero-order chi connectivity index (χ0) is 19.8. The molecule has 4 atom stereocenters. The summed E-state index contributed by atoms with van der Waals surface area (Å²) in [4.78, 5) is 30.3. The highest BCUT2D eigenvalue weighted by molar-refractivity contribution is 7.83. The second kappa shape index (κ2) is 5.49. The van der Waals surface area contributed by atoms with Crippen LogP contribution >= 0.6 is 25.3 Å². The highest BCUT2D eigenvalue weighted by atomic mass is 32.1. The predicted octanol–water partition coefficient (Wildman–Crippen LogP) is 2.11. The van der Waals surface area contributed by atoms with Crippen molar-refractivity contribution in [3.63, 3.8) is 0 Å². The Labute approximate surface area is 168 Å². The smallest absolute Gasteiger partial charge is 0.260 e. The SMILES string of the molecule is [C-]#[N+][C@]1(C)C[C@]2(S)C(=O)N(C)[C@@](C)(S)C(=O)N2[C@@H]1c1ccc2c(c1)OCO2. The first-order valence-electron chi connectivity index (χ1n) is 8.41. The number of hydrogen-bond acceptors (Lipinski definition) is 6. The normalized spacial score (nSPS) is 37.4. The second-order valence-electron chi connectivity index (χ2n) is 7.54. The second-order valence-corrected chi connectivity index (χ2v) is 9.15. The van der Waals surface area contributed by atoms with Gasteiger partial charge < -0.3 is 24.1 Å². The average molecular weight is 406 g/mol. The van der Waals surface area contributed by atoms with Crippen LogP contribution in [0.2, 0.25) is 0 Å². The van der Waals surface area contributed by atoms with Gasteiger partial charge in [0.2, 0.25) is 6.79 Å². The molecule has 0 bridgehead atoms. The number of nitrogens with zero attached hydrogens (tertiary/aromatic N) is 3. The van der Waals surface area contributed by atoms with Crippen molar-refractivity contribution >= 4 is 37.1 Å². The quantitative estimate of drug-likeness (QED) is 0.555. The van der Waals surface area contributed by atoms with Crippen LogP contribution in [0.3, 0.4) is 0 Å². The van der Waals surface area contributed by atoms with Crippen LogP contribution in [0, 0.1) is 6.57 Å². The lowest BCUT2D eigenvalue weighted by atomic mass is 9.87. The molecule has 0 spiro atoms. The maximum absolute atomic E-state index is 13.4. The van der Waals surface area contributed by atoms with Crippen molar-refractivity contribution in [2.45, 2.75) is 41.6 Å². The average Bonchev–Trinajstić information content (AvgIpc) is 3.19. The molecule has 1 aromatic carbocycles. The van der Waals surface area contributed by atoms with E-state index in [0.29, 0.717) is 17.1 Å². The van der Waals surface area contributed by atoms with E-state index >= 15 is 0 Å². The number of fused-ring (bicyclic) bond motifs is 2. The molecule has 142 valence electrons. The number of amides is 2. The molecule has 3 aliphatic rings. The number of carbonyl (C=O) groups excluding carboxylic acids is 2. The molecule has 27 heavy (non-hydrogen) atoms. The Morgan fingerprint density at radius 1 is 1.19 bits per heavy atom. The summed E-state index contributed by atoms with van der Waals surface area (Å²) in [5.41, 5.74) is -0.334. The van der Waals surface area contributed by atoms with Crippen molar-refractivity contribution in [1.29, 1.82) is 0 Å². The number of ether oxygens (including phenoxy) is 2. The van der Waals surface area contributed by atoms with E-state index in [4.69, 9.17) is 16.0 Å². The monoisotopic (exact) mass is 405 g/mol. The molecule has 0 N–H and O–H groups in total. The standard InChI is InChI=1S/C18H19N3O4S2/c1-16(19-3)8-18(27)15(23)20(4)17(2,26)14(22)21(18)13(16)10-5-6-11-12(7-10)25-9-24-11/h5-7,13,26-27H,8-9H2,1-2,4H3/t13-,16-,17+,18+/m1/s1. The molecule has 0 saturated carbocycles. The molecular weight excluding hydrogens is 386 g/mol. The van der Waals surface area contributed by atoms with Crippen molar-refractivity contribution in [1.82, 2.24) is 9.80 Å². The van der Waals surface area contributed by atoms with E-state index in [1.165, 1.54) is 16.8 Å². The third-order valence-electron chi connectivity index (χ3n) is 5.74. The lowest BCUT2D eigenvalue weighted by molar-refractivity contribution is -0.163. The first-order valence-corrected chi connectivity index (χ1v) is 9.31. The van der Waals surface area contributed by atoms with Gasteiger partial charge in [0, 0.05) is 14.0 Å². The van der Waals surface area contributed by atoms with Gasteiger partial charge >= 0.3 is 0 Å². The van der Waals surface area contributed by atoms with Crippen LogP contribution in [0.25, 0.3) is 4.85 Å². The Kier molecular flexibility index (Phi) is 3.72. The molecule has 3 aliphatic heterocycles. The van der Waals surface area contributed by atoms with Crippen LogP contribution < -0.4 is 9.47 Å². The molecule has 0 aliphatic carbocycles. The minimum absolute atomic E-state index is 0.116. The number of carbonyl (C=O) groups is 2. The summed E-state index contributed by atoms with van der Waals surface area (Å²) in [5, 5.41) is 0. The summed E-state index contributed by atoms with van der Waals surface area (Å²) in [6.45, 7) is 11.3. The summed E-state index contributed by atoms with van der Waals surface area (Å²) in [5.74, 6) is 0.454. The van der Waals surface area contributed by atoms with Crippen LogP contribution in [-0.4, -0.2) is 50.7 Å². The van der Waals surface area contributed by atoms with Gasteiger partial charge in [0.05, 0.1) is 6.42 Å². The van der Waals surface area contributed by atoms with Gasteiger partial charge in [-0.1, -0.05) is 6.07 Å². The highest BCUT2D eigenvalue weighted by Crippen LogP contribution is 2.57. The zero-order valence-electron chi connectivity index (χ0n) is 15.1. The predicted molar refractivity (Wildman–Crippen MR) is 104 cm³/mol. The van der Waals surface area contributed by atoms with Crippen molar-refractivity contribution in [2.24, 2.45) is 0 Å². The Morgan fingerprint density at radius 3 is 2.52 bits per heavy atom. The van der Waals surface area contributed by atoms with Crippen molar-refractivity contribution in [3.8, 4) is 11.5 Å². The minimum Gasteiger partial charge on any atom is -0.454 e. The molecule has 1 aromatic rings. The maximum Gasteiger partial charge on any atom is 0.260 e. The molecule has 3 heterocycles. The number of piperazine rings is 1. The van der Waals surface area contributed by atoms with Crippen LogP contribution in [-0.2, 0) is 9.59 Å². The molecule has 0 radical (unpaired) electrons. The van der Waals surface area contributed by atoms with Crippen LogP contribution in [0.15, 0.2) is 18.2 Å². The Hall–Kier alpha value is -2.05. The lowest BCUT2D eigenvalue weighted by Crippen LogP contribution is -2.69. The summed E-state index contributed by atoms with van der Waals surface area (Å²) in [6.07, 6.45) is 0.116. The van der Waals surface area contributed by atoms with Gasteiger partial charge in [-0.2, -0.15) is 0 Å². The number of benzene rings is 1. The first kappa shape index (κ1) is 18.3. The maximum atomic E-state index is 13.4. The molecule has 2 saturated heterocycles. The number of thiol groups is 2.